The Balaban J connectivity index is 1.61. The lowest BCUT2D eigenvalue weighted by Crippen LogP contribution is -2.29. The maximum atomic E-state index is 11.7. The van der Waals surface area contributed by atoms with Crippen LogP contribution in [0.15, 0.2) is 11.4 Å². The van der Waals surface area contributed by atoms with Gasteiger partial charge in [0.25, 0.3) is 0 Å². The average Bonchev–Trinajstić information content (AvgIpc) is 2.93. The summed E-state index contributed by atoms with van der Waals surface area (Å²) in [6.07, 6.45) is 12.2. The van der Waals surface area contributed by atoms with Crippen LogP contribution in [-0.2, 0) is 12.8 Å². The first kappa shape index (κ1) is 14.8. The summed E-state index contributed by atoms with van der Waals surface area (Å²) in [4.78, 5) is 26.9. The molecule has 5 nitrogen and oxygen atoms in total. The predicted molar refractivity (Wildman–Crippen MR) is 88.5 cm³/mol. The van der Waals surface area contributed by atoms with Crippen LogP contribution >= 0.6 is 0 Å². The van der Waals surface area contributed by atoms with Gasteiger partial charge in [-0.2, -0.15) is 0 Å². The summed E-state index contributed by atoms with van der Waals surface area (Å²) in [6.45, 7) is 0. The third-order valence-electron chi connectivity index (χ3n) is 5.94. The number of carbonyl (C=O) groups is 1. The quantitative estimate of drug-likeness (QED) is 0.860. The van der Waals surface area contributed by atoms with Crippen LogP contribution in [-0.4, -0.2) is 16.9 Å². The van der Waals surface area contributed by atoms with Crippen molar-refractivity contribution in [3.8, 4) is 0 Å². The van der Waals surface area contributed by atoms with Crippen molar-refractivity contribution < 1.29 is 4.79 Å². The minimum Gasteiger partial charge on any atom is -0.367 e. The van der Waals surface area contributed by atoms with Gasteiger partial charge in [0.05, 0.1) is 5.56 Å². The van der Waals surface area contributed by atoms with Crippen LogP contribution in [0.1, 0.15) is 66.4 Å². The van der Waals surface area contributed by atoms with E-state index in [1.54, 1.807) is 6.20 Å². The molecule has 0 saturated heterocycles. The molecule has 2 fully saturated rings. The molecule has 122 valence electrons. The number of rotatable bonds is 3. The monoisotopic (exact) mass is 313 g/mol. The third kappa shape index (κ3) is 2.77. The van der Waals surface area contributed by atoms with Crippen molar-refractivity contribution in [2.24, 2.45) is 17.0 Å². The van der Waals surface area contributed by atoms with Gasteiger partial charge in [0.2, 0.25) is 0 Å². The van der Waals surface area contributed by atoms with Crippen LogP contribution in [0.3, 0.4) is 0 Å². The van der Waals surface area contributed by atoms with Gasteiger partial charge in [-0.1, -0.05) is 12.8 Å². The second kappa shape index (κ2) is 6.02. The second-order valence-electron chi connectivity index (χ2n) is 7.44. The van der Waals surface area contributed by atoms with Crippen molar-refractivity contribution in [3.63, 3.8) is 0 Å². The van der Waals surface area contributed by atoms with E-state index in [-0.39, 0.29) is 0 Å². The molecule has 4 rings (SSSR count). The van der Waals surface area contributed by atoms with E-state index in [0.717, 1.165) is 54.5 Å². The third-order valence-corrected chi connectivity index (χ3v) is 5.94. The fourth-order valence-electron chi connectivity index (χ4n) is 4.93. The van der Waals surface area contributed by atoms with Crippen molar-refractivity contribution in [1.29, 1.82) is 0 Å². The SMILES string of the molecule is O=NC(=O)c1cnc(N[C@@H]2C[C@@H]3CC[C@@H](C3)C2)c2c1CCCC2. The molecule has 1 heterocycles. The van der Waals surface area contributed by atoms with Crippen molar-refractivity contribution in [3.05, 3.63) is 27.8 Å². The van der Waals surface area contributed by atoms with Crippen molar-refractivity contribution in [2.75, 3.05) is 5.32 Å². The molecule has 0 unspecified atom stereocenters. The normalized spacial score (nSPS) is 29.0. The van der Waals surface area contributed by atoms with E-state index in [0.29, 0.717) is 11.6 Å². The standard InChI is InChI=1S/C18H23N3O2/c22-18(21-23)16-10-19-17(15-4-2-1-3-14(15)16)20-13-8-11-5-6-12(7-11)9-13/h10-13H,1-9H2,(H,19,20)/t11-,12+,13-. The molecule has 1 aromatic rings. The molecule has 5 heteroatoms. The predicted octanol–water partition coefficient (Wildman–Crippen LogP) is 3.86. The molecule has 1 aromatic heterocycles. The Labute approximate surface area is 136 Å². The topological polar surface area (TPSA) is 71.4 Å². The number of nitroso groups, excluding NO2 is 1. The summed E-state index contributed by atoms with van der Waals surface area (Å²) < 4.78 is 0. The zero-order valence-corrected chi connectivity index (χ0v) is 13.4. The zero-order valence-electron chi connectivity index (χ0n) is 13.4. The molecule has 0 radical (unpaired) electrons. The highest BCUT2D eigenvalue weighted by atomic mass is 16.3. The number of nitrogens with one attached hydrogen (secondary N) is 1. The van der Waals surface area contributed by atoms with E-state index in [9.17, 15) is 9.70 Å². The molecule has 3 aliphatic carbocycles. The molecule has 2 bridgehead atoms. The molecule has 0 aromatic carbocycles. The van der Waals surface area contributed by atoms with Gasteiger partial charge in [0.1, 0.15) is 5.82 Å². The molecule has 1 N–H and O–H groups in total. The van der Waals surface area contributed by atoms with Gasteiger partial charge in [-0.25, -0.2) is 4.98 Å². The molecular formula is C18H23N3O2. The lowest BCUT2D eigenvalue weighted by molar-refractivity contribution is 0.0999. The van der Waals surface area contributed by atoms with E-state index in [1.165, 1.54) is 32.1 Å². The van der Waals surface area contributed by atoms with Crippen LogP contribution in [0.5, 0.6) is 0 Å². The lowest BCUT2D eigenvalue weighted by atomic mass is 9.85. The fourth-order valence-corrected chi connectivity index (χ4v) is 4.93. The highest BCUT2D eigenvalue weighted by molar-refractivity contribution is 5.96. The Hall–Kier alpha value is -1.78. The minimum absolute atomic E-state index is 0.406. The van der Waals surface area contributed by atoms with E-state index >= 15 is 0 Å². The number of carbonyl (C=O) groups excluding carboxylic acids is 1. The maximum absolute atomic E-state index is 11.7. The Morgan fingerprint density at radius 1 is 1.09 bits per heavy atom. The van der Waals surface area contributed by atoms with Gasteiger partial charge >= 0.3 is 5.91 Å². The summed E-state index contributed by atoms with van der Waals surface area (Å²) in [5.41, 5.74) is 2.55. The number of nitrogens with zero attached hydrogens (tertiary/aromatic N) is 2. The first-order chi connectivity index (χ1) is 11.2. The Morgan fingerprint density at radius 2 is 1.78 bits per heavy atom. The summed E-state index contributed by atoms with van der Waals surface area (Å²) in [5.74, 6) is 2.01. The number of fused-ring (bicyclic) bond motifs is 3. The minimum atomic E-state index is -0.682. The average molecular weight is 313 g/mol. The van der Waals surface area contributed by atoms with Crippen molar-refractivity contribution in [2.45, 2.75) is 63.8 Å². The van der Waals surface area contributed by atoms with Crippen LogP contribution in [0, 0.1) is 16.7 Å². The molecule has 2 saturated carbocycles. The smallest absolute Gasteiger partial charge is 0.318 e. The molecule has 1 amide bonds. The van der Waals surface area contributed by atoms with Gasteiger partial charge in [0, 0.05) is 17.4 Å². The number of amides is 1. The Morgan fingerprint density at radius 3 is 2.48 bits per heavy atom. The number of hydrogen-bond acceptors (Lipinski definition) is 4. The van der Waals surface area contributed by atoms with Crippen LogP contribution in [0.2, 0.25) is 0 Å². The second-order valence-corrected chi connectivity index (χ2v) is 7.44. The largest absolute Gasteiger partial charge is 0.367 e. The van der Waals surface area contributed by atoms with E-state index in [4.69, 9.17) is 0 Å². The highest BCUT2D eigenvalue weighted by Crippen LogP contribution is 2.43. The summed E-state index contributed by atoms with van der Waals surface area (Å²) >= 11 is 0. The van der Waals surface area contributed by atoms with Gasteiger partial charge < -0.3 is 5.32 Å². The fraction of sp³-hybridized carbons (Fsp3) is 0.667. The molecule has 0 aliphatic heterocycles. The lowest BCUT2D eigenvalue weighted by Gasteiger charge is -2.30. The first-order valence-corrected chi connectivity index (χ1v) is 8.89. The molecule has 3 atom stereocenters. The van der Waals surface area contributed by atoms with Crippen LogP contribution in [0.25, 0.3) is 0 Å². The van der Waals surface area contributed by atoms with Crippen molar-refractivity contribution >= 4 is 11.7 Å². The molecule has 0 spiro atoms. The zero-order chi connectivity index (χ0) is 15.8. The van der Waals surface area contributed by atoms with Gasteiger partial charge in [-0.3, -0.25) is 4.79 Å². The van der Waals surface area contributed by atoms with Crippen molar-refractivity contribution in [1.82, 2.24) is 4.98 Å². The number of anilines is 1. The molecule has 3 aliphatic rings. The van der Waals surface area contributed by atoms with Gasteiger partial charge in [-0.15, -0.1) is 4.91 Å². The Bertz CT molecular complexity index is 631. The summed E-state index contributed by atoms with van der Waals surface area (Å²) in [6, 6.07) is 0.505. The summed E-state index contributed by atoms with van der Waals surface area (Å²) in [5, 5.41) is 6.25. The van der Waals surface area contributed by atoms with E-state index in [1.807, 2.05) is 0 Å². The maximum Gasteiger partial charge on any atom is 0.318 e. The van der Waals surface area contributed by atoms with E-state index in [2.05, 4.69) is 15.5 Å². The number of aromatic nitrogens is 1. The number of pyridine rings is 1. The molecular weight excluding hydrogens is 290 g/mol. The first-order valence-electron chi connectivity index (χ1n) is 8.89. The van der Waals surface area contributed by atoms with Crippen LogP contribution < -0.4 is 5.32 Å². The molecule has 23 heavy (non-hydrogen) atoms. The van der Waals surface area contributed by atoms with Gasteiger partial charge in [0.15, 0.2) is 0 Å². The van der Waals surface area contributed by atoms with Crippen LogP contribution in [0.4, 0.5) is 5.82 Å². The summed E-state index contributed by atoms with van der Waals surface area (Å²) in [7, 11) is 0. The Kier molecular flexibility index (Phi) is 3.87. The number of hydrogen-bond donors (Lipinski definition) is 1. The van der Waals surface area contributed by atoms with E-state index < -0.39 is 5.91 Å². The van der Waals surface area contributed by atoms with Gasteiger partial charge in [-0.05, 0) is 67.9 Å². The highest BCUT2D eigenvalue weighted by Gasteiger charge is 2.34.